The second kappa shape index (κ2) is 20.0. The van der Waals surface area contributed by atoms with Gasteiger partial charge in [0.1, 0.15) is 11.4 Å². The quantitative estimate of drug-likeness (QED) is 0.0364. The number of rotatable bonds is 11. The minimum Gasteiger partial charge on any atom is -0.399 e. The van der Waals surface area contributed by atoms with Crippen molar-refractivity contribution >= 4 is 101 Å². The van der Waals surface area contributed by atoms with E-state index < -0.39 is 96.9 Å². The van der Waals surface area contributed by atoms with Crippen LogP contribution in [0.2, 0.25) is 20.1 Å². The number of non-ortho nitro benzene ring substituents is 1. The Morgan fingerprint density at radius 1 is 0.615 bits per heavy atom. The Labute approximate surface area is 384 Å². The van der Waals surface area contributed by atoms with E-state index in [1.807, 2.05) is 4.72 Å². The number of nitrogens with zero attached hydrogens (tertiary/aromatic N) is 3. The smallest absolute Gasteiger partial charge is 0.399 e. The largest absolute Gasteiger partial charge is 0.417 e. The molecule has 0 spiro atoms. The average Bonchev–Trinajstić information content (AvgIpc) is 3.20. The molecule has 2 heterocycles. The molecule has 65 heavy (non-hydrogen) atoms. The van der Waals surface area contributed by atoms with Gasteiger partial charge in [0.25, 0.3) is 25.7 Å². The molecule has 0 radical (unpaired) electrons. The van der Waals surface area contributed by atoms with Crippen LogP contribution in [-0.4, -0.2) is 43.3 Å². The van der Waals surface area contributed by atoms with Crippen LogP contribution in [0, 0.1) is 10.1 Å². The Hall–Kier alpha value is -6.04. The van der Waals surface area contributed by atoms with Gasteiger partial charge in [0.05, 0.1) is 57.3 Å². The van der Waals surface area contributed by atoms with E-state index in [0.717, 1.165) is 60.9 Å². The van der Waals surface area contributed by atoms with Crippen LogP contribution in [0.3, 0.4) is 0 Å². The number of anilines is 3. The summed E-state index contributed by atoms with van der Waals surface area (Å²) in [6.45, 7) is 0. The van der Waals surface area contributed by atoms with Gasteiger partial charge in [-0.05, 0) is 60.7 Å². The van der Waals surface area contributed by atoms with Crippen molar-refractivity contribution in [1.29, 1.82) is 0 Å². The molecule has 14 nitrogen and oxygen atoms in total. The zero-order valence-corrected chi connectivity index (χ0v) is 35.8. The highest BCUT2D eigenvalue weighted by Crippen LogP contribution is 2.38. The number of carbonyl (C=O) groups is 2. The van der Waals surface area contributed by atoms with Crippen LogP contribution >= 0.6 is 46.4 Å². The van der Waals surface area contributed by atoms with E-state index in [-0.39, 0.29) is 40.0 Å². The molecule has 0 unspecified atom stereocenters. The van der Waals surface area contributed by atoms with E-state index in [1.165, 1.54) is 30.3 Å². The van der Waals surface area contributed by atoms with Crippen LogP contribution in [-0.2, 0) is 32.4 Å². The van der Waals surface area contributed by atoms with E-state index in [9.17, 15) is 62.9 Å². The summed E-state index contributed by atoms with van der Waals surface area (Å²) in [7, 11) is -9.22. The number of sulfonamides is 2. The van der Waals surface area contributed by atoms with E-state index in [4.69, 9.17) is 52.1 Å². The number of carbonyl (C=O) groups excluding carboxylic acids is 2. The first-order valence-electron chi connectivity index (χ1n) is 17.0. The van der Waals surface area contributed by atoms with Crippen LogP contribution in [0.4, 0.5) is 49.1 Å². The van der Waals surface area contributed by atoms with Gasteiger partial charge in [-0.1, -0.05) is 78.1 Å². The van der Waals surface area contributed by atoms with Gasteiger partial charge in [-0.25, -0.2) is 26.8 Å². The number of nitro benzene ring substituents is 1. The summed E-state index contributed by atoms with van der Waals surface area (Å²) in [5, 5.41) is 9.52. The molecular weight excluding hydrogens is 1000 g/mol. The van der Waals surface area contributed by atoms with Gasteiger partial charge in [-0.2, -0.15) is 26.3 Å². The summed E-state index contributed by atoms with van der Waals surface area (Å²) in [6.07, 6.45) is -7.62. The Kier molecular flexibility index (Phi) is 15.9. The number of nitrogen functional groups attached to an aromatic ring is 1. The van der Waals surface area contributed by atoms with Crippen LogP contribution in [0.25, 0.3) is 0 Å². The van der Waals surface area contributed by atoms with E-state index in [2.05, 4.69) is 14.7 Å². The van der Waals surface area contributed by atoms with Crippen molar-refractivity contribution in [2.24, 2.45) is 0 Å². The minimum absolute atomic E-state index is 0. The number of nitro groups is 1. The lowest BCUT2D eigenvalue weighted by atomic mass is 10.1. The molecule has 6 aromatic rings. The third kappa shape index (κ3) is 12.6. The Balaban J connectivity index is 0.000000281. The fourth-order valence-electron chi connectivity index (χ4n) is 5.30. The summed E-state index contributed by atoms with van der Waals surface area (Å²) in [5.41, 5.74) is 1.28. The minimum atomic E-state index is -4.91. The molecule has 0 aliphatic carbocycles. The molecule has 0 saturated carbocycles. The molecule has 2 aromatic heterocycles. The number of aromatic nitrogens is 2. The summed E-state index contributed by atoms with van der Waals surface area (Å²) in [5.74, 6) is -1.56. The number of pyridine rings is 2. The number of ketones is 2. The number of benzene rings is 4. The first-order valence-corrected chi connectivity index (χ1v) is 21.5. The number of halogens is 10. The maximum absolute atomic E-state index is 13.1. The molecule has 0 bridgehead atoms. The summed E-state index contributed by atoms with van der Waals surface area (Å²) >= 11 is 22.8. The number of hydrogen-bond acceptors (Lipinski definition) is 11. The molecule has 4 aromatic carbocycles. The van der Waals surface area contributed by atoms with Crippen molar-refractivity contribution in [2.75, 3.05) is 15.2 Å². The third-order valence-corrected chi connectivity index (χ3v) is 12.0. The zero-order valence-electron chi connectivity index (χ0n) is 31.2. The van der Waals surface area contributed by atoms with Crippen LogP contribution in [0.5, 0.6) is 0 Å². The standard InChI is InChI=1S/C19H10Cl2F3N3O5S.C19H12Cl2F3N3O3S.CH4/c20-11-7-16(17(25-9-11)18(28)10-2-1-3-12(6-10)27(29)30)26-33(31,32)13-4-5-15(21)14(8-13)19(22,23)24;20-11-7-16(17(26-9-11)18(28)10-2-1-3-12(25)6-10)27-31(29,30)13-4-5-15(21)14(8-13)19(22,23)24;/h1-9,26H;1-9,27H,25H2;1H4. The highest BCUT2D eigenvalue weighted by molar-refractivity contribution is 7.93. The summed E-state index contributed by atoms with van der Waals surface area (Å²) < 4.78 is 134. The topological polar surface area (TPSA) is 221 Å². The Morgan fingerprint density at radius 2 is 1.02 bits per heavy atom. The van der Waals surface area contributed by atoms with Crippen LogP contribution in [0.15, 0.2) is 119 Å². The maximum atomic E-state index is 13.1. The highest BCUT2D eigenvalue weighted by Gasteiger charge is 2.36. The molecular formula is C39H26Cl4F6N6O8S2. The SMILES string of the molecule is C.Nc1cccc(C(=O)c2ncc(Cl)cc2NS(=O)(=O)c2ccc(Cl)c(C(F)(F)F)c2)c1.O=C(c1cccc([N+](=O)[O-])c1)c1ncc(Cl)cc1NS(=O)(=O)c1ccc(Cl)c(C(F)(F)F)c1. The Bertz CT molecular complexity index is 3070. The fourth-order valence-corrected chi connectivity index (χ4v) is 8.23. The predicted octanol–water partition coefficient (Wildman–Crippen LogP) is 11.0. The molecule has 6 rings (SSSR count). The van der Waals surface area contributed by atoms with Crippen LogP contribution < -0.4 is 15.2 Å². The lowest BCUT2D eigenvalue weighted by molar-refractivity contribution is -0.384. The zero-order chi connectivity index (χ0) is 47.5. The molecule has 0 amide bonds. The third-order valence-electron chi connectivity index (χ3n) is 8.20. The number of hydrogen-bond donors (Lipinski definition) is 3. The van der Waals surface area contributed by atoms with Gasteiger partial charge in [0, 0.05) is 41.3 Å². The van der Waals surface area contributed by atoms with Gasteiger partial charge in [-0.15, -0.1) is 0 Å². The lowest BCUT2D eigenvalue weighted by Crippen LogP contribution is -2.18. The fraction of sp³-hybridized carbons (Fsp3) is 0.0769. The second-order valence-corrected chi connectivity index (χ2v) is 17.7. The first-order chi connectivity index (χ1) is 29.7. The van der Waals surface area contributed by atoms with Crippen LogP contribution in [0.1, 0.15) is 50.7 Å². The second-order valence-electron chi connectivity index (χ2n) is 12.7. The van der Waals surface area contributed by atoms with Crippen molar-refractivity contribution in [3.63, 3.8) is 0 Å². The molecule has 4 N–H and O–H groups in total. The van der Waals surface area contributed by atoms with Crippen molar-refractivity contribution in [3.05, 3.63) is 173 Å². The number of alkyl halides is 6. The van der Waals surface area contributed by atoms with E-state index in [0.29, 0.717) is 17.8 Å². The Morgan fingerprint density at radius 3 is 1.40 bits per heavy atom. The van der Waals surface area contributed by atoms with E-state index >= 15 is 0 Å². The predicted molar refractivity (Wildman–Crippen MR) is 231 cm³/mol. The number of nitrogens with one attached hydrogen (secondary N) is 2. The number of nitrogens with two attached hydrogens (primary N) is 1. The molecule has 0 aliphatic heterocycles. The monoisotopic (exact) mass is 1020 g/mol. The molecule has 0 saturated heterocycles. The van der Waals surface area contributed by atoms with Gasteiger partial charge < -0.3 is 5.73 Å². The van der Waals surface area contributed by atoms with Crippen molar-refractivity contribution < 1.29 is 57.7 Å². The summed E-state index contributed by atoms with van der Waals surface area (Å²) in [4.78, 5) is 42.1. The lowest BCUT2D eigenvalue weighted by Gasteiger charge is -2.14. The maximum Gasteiger partial charge on any atom is 0.417 e. The van der Waals surface area contributed by atoms with Gasteiger partial charge in [0.15, 0.2) is 0 Å². The van der Waals surface area contributed by atoms with Crippen molar-refractivity contribution in [2.45, 2.75) is 29.6 Å². The normalized spacial score (nSPS) is 11.7. The van der Waals surface area contributed by atoms with Gasteiger partial charge >= 0.3 is 12.4 Å². The van der Waals surface area contributed by atoms with Gasteiger partial charge in [0.2, 0.25) is 11.6 Å². The first kappa shape index (κ1) is 51.6. The van der Waals surface area contributed by atoms with Crippen molar-refractivity contribution in [3.8, 4) is 0 Å². The molecule has 26 heteroatoms. The molecule has 0 aliphatic rings. The highest BCUT2D eigenvalue weighted by atomic mass is 35.5. The van der Waals surface area contributed by atoms with E-state index in [1.54, 1.807) is 6.07 Å². The summed E-state index contributed by atoms with van der Waals surface area (Å²) in [6, 6.07) is 16.7. The molecule has 0 atom stereocenters. The van der Waals surface area contributed by atoms with Crippen molar-refractivity contribution in [1.82, 2.24) is 9.97 Å². The molecule has 0 fully saturated rings. The average molecular weight is 1030 g/mol. The van der Waals surface area contributed by atoms with Gasteiger partial charge in [-0.3, -0.25) is 29.1 Å². The molecule has 342 valence electrons.